The Kier molecular flexibility index (Phi) is 27.4. The van der Waals surface area contributed by atoms with Crippen molar-refractivity contribution in [2.75, 3.05) is 4.43 Å². The third-order valence-corrected chi connectivity index (χ3v) is 9.63. The first-order valence-electron chi connectivity index (χ1n) is 14.0. The molecule has 0 aromatic rings. The second kappa shape index (κ2) is 26.1. The van der Waals surface area contributed by atoms with Crippen LogP contribution < -0.4 is 0 Å². The molecule has 0 fully saturated rings. The lowest BCUT2D eigenvalue weighted by Gasteiger charge is -2.09. The summed E-state index contributed by atoms with van der Waals surface area (Å²) in [4.78, 5) is 0. The van der Waals surface area contributed by atoms with Gasteiger partial charge in [0.2, 0.25) is 6.69 Å². The molecule has 0 aliphatic rings. The highest BCUT2D eigenvalue weighted by atomic mass is 127. The molecule has 0 nitrogen and oxygen atoms in total. The average Bonchev–Trinajstić information content (AvgIpc) is 2.73. The van der Waals surface area contributed by atoms with E-state index in [1.54, 1.807) is 0 Å². The van der Waals surface area contributed by atoms with Crippen LogP contribution in [0.5, 0.6) is 0 Å². The summed E-state index contributed by atoms with van der Waals surface area (Å²) in [5.41, 5.74) is 0. The van der Waals surface area contributed by atoms with Gasteiger partial charge < -0.3 is 0 Å². The second-order valence-electron chi connectivity index (χ2n) is 9.99. The van der Waals surface area contributed by atoms with Gasteiger partial charge in [-0.25, -0.2) is 0 Å². The molecule has 0 atom stereocenters. The molecular weight excluding hydrogens is 550 g/mol. The zero-order valence-corrected chi connectivity index (χ0v) is 25.7. The summed E-state index contributed by atoms with van der Waals surface area (Å²) in [5.74, 6) is 0. The summed E-state index contributed by atoms with van der Waals surface area (Å²) < 4.78 is 1.34. The number of alkyl halides is 1. The first kappa shape index (κ1) is 32.5. The normalized spacial score (nSPS) is 12.0. The van der Waals surface area contributed by atoms with Crippen LogP contribution in [-0.4, -0.2) is 11.1 Å². The molecular formula is C27H55Cl2ISi. The van der Waals surface area contributed by atoms with Gasteiger partial charge in [0, 0.05) is 0 Å². The van der Waals surface area contributed by atoms with Crippen molar-refractivity contribution in [3.63, 3.8) is 0 Å². The van der Waals surface area contributed by atoms with Crippen molar-refractivity contribution < 1.29 is 0 Å². The second-order valence-corrected chi connectivity index (χ2v) is 19.3. The highest BCUT2D eigenvalue weighted by Crippen LogP contribution is 2.23. The smallest absolute Gasteiger partial charge is 0.146 e. The predicted molar refractivity (Wildman–Crippen MR) is 158 cm³/mol. The number of unbranched alkanes of at least 4 members (excludes halogenated alkanes) is 23. The number of hydrogen-bond acceptors (Lipinski definition) is 0. The average molecular weight is 606 g/mol. The molecule has 0 amide bonds. The molecule has 0 aromatic heterocycles. The van der Waals surface area contributed by atoms with Crippen molar-refractivity contribution in [2.24, 2.45) is 0 Å². The molecule has 4 heteroatoms. The summed E-state index contributed by atoms with van der Waals surface area (Å²) in [6.07, 6.45) is 34.7. The van der Waals surface area contributed by atoms with Gasteiger partial charge >= 0.3 is 0 Å². The highest BCUT2D eigenvalue weighted by Gasteiger charge is 2.19. The fourth-order valence-electron chi connectivity index (χ4n) is 4.42. The molecule has 0 unspecified atom stereocenters. The molecule has 0 saturated carbocycles. The molecule has 0 aromatic carbocycles. The van der Waals surface area contributed by atoms with Crippen LogP contribution in [0.3, 0.4) is 0 Å². The van der Waals surface area contributed by atoms with Crippen LogP contribution in [0, 0.1) is 0 Å². The van der Waals surface area contributed by atoms with Crippen LogP contribution in [0.15, 0.2) is 0 Å². The summed E-state index contributed by atoms with van der Waals surface area (Å²) in [5, 5.41) is 0. The van der Waals surface area contributed by atoms with E-state index in [4.69, 9.17) is 22.2 Å². The SMILES string of the molecule is C[Si](Cl)(Cl)CCCCCCCCCCCCCCCCCCCCCCCCCCI. The minimum Gasteiger partial charge on any atom is -0.146 e. The molecule has 31 heavy (non-hydrogen) atoms. The van der Waals surface area contributed by atoms with Crippen molar-refractivity contribution >= 4 is 51.4 Å². The number of rotatable bonds is 26. The maximum Gasteiger partial charge on any atom is 0.248 e. The Bertz CT molecular complexity index is 334. The number of hydrogen-bond donors (Lipinski definition) is 0. The molecule has 0 saturated heterocycles. The Balaban J connectivity index is 3.02. The maximum absolute atomic E-state index is 6.14. The van der Waals surface area contributed by atoms with Crippen LogP contribution in [0.4, 0.5) is 0 Å². The third-order valence-electron chi connectivity index (χ3n) is 6.50. The van der Waals surface area contributed by atoms with E-state index in [0.717, 1.165) is 6.04 Å². The molecule has 188 valence electrons. The fourth-order valence-corrected chi connectivity index (χ4v) is 6.63. The highest BCUT2D eigenvalue weighted by molar-refractivity contribution is 14.1. The van der Waals surface area contributed by atoms with Crippen LogP contribution in [0.25, 0.3) is 0 Å². The van der Waals surface area contributed by atoms with Crippen LogP contribution in [-0.2, 0) is 0 Å². The first-order chi connectivity index (χ1) is 15.1. The Morgan fingerprint density at radius 3 is 0.774 bits per heavy atom. The zero-order chi connectivity index (χ0) is 22.9. The molecule has 0 aliphatic heterocycles. The van der Waals surface area contributed by atoms with Gasteiger partial charge in [0.15, 0.2) is 0 Å². The molecule has 0 N–H and O–H groups in total. The molecule has 0 spiro atoms. The van der Waals surface area contributed by atoms with Crippen molar-refractivity contribution in [1.29, 1.82) is 0 Å². The summed E-state index contributed by atoms with van der Waals surface area (Å²) in [7, 11) is 0. The Labute approximate surface area is 221 Å². The standard InChI is InChI=1S/C27H55Cl2ISi/c1-31(28,29)27-25-23-21-19-17-15-13-11-9-7-5-3-2-4-6-8-10-12-14-16-18-20-22-24-26-30/h2-27H2,1H3. The van der Waals surface area contributed by atoms with Gasteiger partial charge in [-0.3, -0.25) is 0 Å². The fraction of sp³-hybridized carbons (Fsp3) is 1.00. The lowest BCUT2D eigenvalue weighted by Crippen LogP contribution is -2.11. The lowest BCUT2D eigenvalue weighted by atomic mass is 10.0. The van der Waals surface area contributed by atoms with Gasteiger partial charge in [-0.2, -0.15) is 0 Å². The van der Waals surface area contributed by atoms with E-state index < -0.39 is 6.69 Å². The van der Waals surface area contributed by atoms with Gasteiger partial charge in [0.25, 0.3) is 0 Å². The van der Waals surface area contributed by atoms with Crippen LogP contribution in [0.1, 0.15) is 154 Å². The zero-order valence-electron chi connectivity index (χ0n) is 21.0. The van der Waals surface area contributed by atoms with Crippen molar-refractivity contribution in [3.8, 4) is 0 Å². The predicted octanol–water partition coefficient (Wildman–Crippen LogP) is 12.3. The summed E-state index contributed by atoms with van der Waals surface area (Å²) in [6, 6.07) is 1.06. The van der Waals surface area contributed by atoms with E-state index in [-0.39, 0.29) is 0 Å². The molecule has 0 aliphatic carbocycles. The third kappa shape index (κ3) is 31.5. The van der Waals surface area contributed by atoms with Crippen LogP contribution in [0.2, 0.25) is 12.6 Å². The van der Waals surface area contributed by atoms with E-state index in [9.17, 15) is 0 Å². The van der Waals surface area contributed by atoms with Crippen molar-refractivity contribution in [3.05, 3.63) is 0 Å². The van der Waals surface area contributed by atoms with E-state index in [2.05, 4.69) is 22.6 Å². The Morgan fingerprint density at radius 2 is 0.581 bits per heavy atom. The maximum atomic E-state index is 6.14. The molecule has 0 bridgehead atoms. The van der Waals surface area contributed by atoms with Gasteiger partial charge in [-0.1, -0.05) is 170 Å². The van der Waals surface area contributed by atoms with Crippen molar-refractivity contribution in [1.82, 2.24) is 0 Å². The monoisotopic (exact) mass is 604 g/mol. The van der Waals surface area contributed by atoms with E-state index in [0.29, 0.717) is 0 Å². The Morgan fingerprint density at radius 1 is 0.387 bits per heavy atom. The first-order valence-corrected chi connectivity index (χ1v) is 20.3. The van der Waals surface area contributed by atoms with E-state index in [1.807, 2.05) is 6.55 Å². The van der Waals surface area contributed by atoms with Gasteiger partial charge in [0.1, 0.15) is 0 Å². The van der Waals surface area contributed by atoms with E-state index >= 15 is 0 Å². The van der Waals surface area contributed by atoms with Crippen molar-refractivity contribution in [2.45, 2.75) is 167 Å². The minimum absolute atomic E-state index is 1.06. The molecule has 0 heterocycles. The van der Waals surface area contributed by atoms with Gasteiger partial charge in [-0.05, 0) is 23.4 Å². The lowest BCUT2D eigenvalue weighted by molar-refractivity contribution is 0.518. The molecule has 0 rings (SSSR count). The number of halogens is 3. The Hall–Kier alpha value is 1.53. The topological polar surface area (TPSA) is 0 Å². The van der Waals surface area contributed by atoms with Crippen LogP contribution >= 0.6 is 44.7 Å². The van der Waals surface area contributed by atoms with Gasteiger partial charge in [0.05, 0.1) is 0 Å². The van der Waals surface area contributed by atoms with E-state index in [1.165, 1.54) is 159 Å². The summed E-state index contributed by atoms with van der Waals surface area (Å²) in [6.45, 7) is 0.205. The van der Waals surface area contributed by atoms with Gasteiger partial charge in [-0.15, -0.1) is 22.2 Å². The quantitative estimate of drug-likeness (QED) is 0.0303. The minimum atomic E-state index is -1.83. The largest absolute Gasteiger partial charge is 0.248 e. The molecule has 0 radical (unpaired) electrons. The summed E-state index contributed by atoms with van der Waals surface area (Å²) >= 11 is 14.8.